The zero-order valence-electron chi connectivity index (χ0n) is 35.4. The first-order chi connectivity index (χ1) is 25.3. The summed E-state index contributed by atoms with van der Waals surface area (Å²) in [6.45, 7) is 8.20. The van der Waals surface area contributed by atoms with Gasteiger partial charge in [-0.05, 0) is 12.8 Å². The second-order valence-electron chi connectivity index (χ2n) is 16.0. The maximum absolute atomic E-state index is 12.4. The van der Waals surface area contributed by atoms with Crippen molar-refractivity contribution in [3.8, 4) is 0 Å². The minimum absolute atomic E-state index is 0.200. The van der Waals surface area contributed by atoms with Crippen molar-refractivity contribution in [1.82, 2.24) is 0 Å². The Kier molecular flexibility index (Phi) is 45.7. The molecule has 0 N–H and O–H groups in total. The molecule has 0 aromatic rings. The minimum Gasteiger partial charge on any atom is -0.485 e. The molecule has 0 bridgehead atoms. The van der Waals surface area contributed by atoms with Crippen LogP contribution in [0.1, 0.15) is 258 Å². The second kappa shape index (κ2) is 44.6. The topological polar surface area (TPSA) is 69.7 Å². The number of carbonyl (C=O) groups is 3. The van der Waals surface area contributed by atoms with Crippen LogP contribution in [0.15, 0.2) is 0 Å². The van der Waals surface area contributed by atoms with Crippen molar-refractivity contribution in [2.45, 2.75) is 271 Å². The van der Waals surface area contributed by atoms with E-state index >= 15 is 0 Å². The molecule has 0 heterocycles. The SMILES string of the molecule is CCCCCCCCCCCCCCCCCCCCCCCC(=O)O[Si](C)(C)OC(=O)CCCCCCCCCCCCCCCCC.O=CS. The van der Waals surface area contributed by atoms with E-state index in [0.717, 1.165) is 25.7 Å². The molecule has 0 amide bonds. The Morgan fingerprint density at radius 3 is 0.712 bits per heavy atom. The van der Waals surface area contributed by atoms with Gasteiger partial charge in [-0.15, -0.1) is 12.6 Å². The van der Waals surface area contributed by atoms with Crippen molar-refractivity contribution in [3.05, 3.63) is 0 Å². The van der Waals surface area contributed by atoms with E-state index in [0.29, 0.717) is 18.5 Å². The van der Waals surface area contributed by atoms with Gasteiger partial charge < -0.3 is 8.85 Å². The van der Waals surface area contributed by atoms with E-state index in [9.17, 15) is 9.59 Å². The molecule has 310 valence electrons. The maximum atomic E-state index is 12.4. The summed E-state index contributed by atoms with van der Waals surface area (Å²) in [6.07, 6.45) is 49.0. The number of hydrogen-bond donors (Lipinski definition) is 1. The van der Waals surface area contributed by atoms with E-state index in [-0.39, 0.29) is 11.9 Å². The standard InChI is InChI=1S/C44H88O4Si.CH2OS/c1-5-7-9-11-13-15-17-19-21-22-23-24-25-26-28-30-32-34-36-38-40-42-44(46)48-49(3,4)47-43(45)41-39-37-35-33-31-29-27-20-18-16-14-12-10-8-6-2;2-1-3/h5-42H2,1-4H3;1H,(H,2,3). The van der Waals surface area contributed by atoms with Gasteiger partial charge in [0.25, 0.3) is 11.9 Å². The Morgan fingerprint density at radius 2 is 0.538 bits per heavy atom. The second-order valence-corrected chi connectivity index (χ2v) is 19.4. The van der Waals surface area contributed by atoms with Crippen LogP contribution in [0.3, 0.4) is 0 Å². The van der Waals surface area contributed by atoms with Gasteiger partial charge in [0.2, 0.25) is 0 Å². The summed E-state index contributed by atoms with van der Waals surface area (Å²) in [5.41, 5.74) is 0.444. The molecule has 0 unspecified atom stereocenters. The molecule has 0 aromatic carbocycles. The molecule has 0 radical (unpaired) electrons. The normalized spacial score (nSPS) is 11.2. The van der Waals surface area contributed by atoms with Crippen LogP contribution in [-0.2, 0) is 23.2 Å². The van der Waals surface area contributed by atoms with Gasteiger partial charge >= 0.3 is 8.56 Å². The summed E-state index contributed by atoms with van der Waals surface area (Å²) in [5, 5.41) is 0. The molecule has 0 spiro atoms. The van der Waals surface area contributed by atoms with Gasteiger partial charge in [-0.25, -0.2) is 0 Å². The third-order valence-corrected chi connectivity index (χ3v) is 11.6. The lowest BCUT2D eigenvalue weighted by Crippen LogP contribution is -2.39. The summed E-state index contributed by atoms with van der Waals surface area (Å²) in [5.74, 6) is -0.400. The van der Waals surface area contributed by atoms with E-state index in [1.54, 1.807) is 0 Å². The largest absolute Gasteiger partial charge is 0.485 e. The molecular weight excluding hydrogens is 681 g/mol. The molecule has 0 aromatic heterocycles. The van der Waals surface area contributed by atoms with Crippen LogP contribution >= 0.6 is 12.6 Å². The molecule has 0 aliphatic heterocycles. The Hall–Kier alpha value is -0.823. The average Bonchev–Trinajstić information content (AvgIpc) is 3.10. The first-order valence-corrected chi connectivity index (χ1v) is 26.2. The summed E-state index contributed by atoms with van der Waals surface area (Å²) in [7, 11) is -2.75. The van der Waals surface area contributed by atoms with Crippen LogP contribution < -0.4 is 0 Å². The van der Waals surface area contributed by atoms with Crippen molar-refractivity contribution in [3.63, 3.8) is 0 Å². The predicted molar refractivity (Wildman–Crippen MR) is 232 cm³/mol. The van der Waals surface area contributed by atoms with E-state index in [1.807, 2.05) is 13.1 Å². The molecule has 52 heavy (non-hydrogen) atoms. The molecule has 5 nitrogen and oxygen atoms in total. The lowest BCUT2D eigenvalue weighted by Gasteiger charge is -2.22. The fourth-order valence-corrected chi connectivity index (χ4v) is 8.36. The molecule has 0 rings (SSSR count). The molecule has 0 aliphatic rings. The lowest BCUT2D eigenvalue weighted by atomic mass is 10.0. The summed E-state index contributed by atoms with van der Waals surface area (Å²) < 4.78 is 11.3. The van der Waals surface area contributed by atoms with Gasteiger partial charge in [-0.1, -0.05) is 232 Å². The van der Waals surface area contributed by atoms with Gasteiger partial charge in [-0.2, -0.15) is 0 Å². The Bertz CT molecular complexity index is 747. The Balaban J connectivity index is 0. The third-order valence-electron chi connectivity index (χ3n) is 10.2. The molecule has 0 saturated heterocycles. The fraction of sp³-hybridized carbons (Fsp3) is 0.933. The van der Waals surface area contributed by atoms with Gasteiger partial charge in [0, 0.05) is 25.9 Å². The highest BCUT2D eigenvalue weighted by Gasteiger charge is 2.33. The number of carbonyl (C=O) groups excluding carboxylic acids is 3. The van der Waals surface area contributed by atoms with Gasteiger partial charge in [0.05, 0.1) is 0 Å². The van der Waals surface area contributed by atoms with Crippen LogP contribution in [0, 0.1) is 0 Å². The predicted octanol–water partition coefficient (Wildman–Crippen LogP) is 15.7. The quantitative estimate of drug-likeness (QED) is 0.0291. The Labute approximate surface area is 331 Å². The van der Waals surface area contributed by atoms with E-state index in [2.05, 4.69) is 26.5 Å². The summed E-state index contributed by atoms with van der Waals surface area (Å²) in [6, 6.07) is 0. The van der Waals surface area contributed by atoms with Crippen LogP contribution in [0.5, 0.6) is 0 Å². The first kappa shape index (κ1) is 53.3. The molecule has 0 atom stereocenters. The third kappa shape index (κ3) is 47.2. The van der Waals surface area contributed by atoms with Crippen molar-refractivity contribution in [2.24, 2.45) is 0 Å². The highest BCUT2D eigenvalue weighted by molar-refractivity contribution is 7.94. The molecule has 0 saturated carbocycles. The van der Waals surface area contributed by atoms with Gasteiger partial charge in [0.15, 0.2) is 5.62 Å². The average molecular weight is 771 g/mol. The van der Waals surface area contributed by atoms with Gasteiger partial charge in [-0.3, -0.25) is 14.4 Å². The number of hydrogen-bond acceptors (Lipinski definition) is 5. The zero-order valence-corrected chi connectivity index (χ0v) is 37.3. The first-order valence-electron chi connectivity index (χ1n) is 22.8. The molecule has 0 aliphatic carbocycles. The fourth-order valence-electron chi connectivity index (χ4n) is 7.01. The highest BCUT2D eigenvalue weighted by Crippen LogP contribution is 2.18. The van der Waals surface area contributed by atoms with Crippen molar-refractivity contribution < 1.29 is 23.2 Å². The van der Waals surface area contributed by atoms with Crippen LogP contribution in [0.4, 0.5) is 0 Å². The monoisotopic (exact) mass is 771 g/mol. The lowest BCUT2D eigenvalue weighted by molar-refractivity contribution is -0.141. The number of rotatable bonds is 40. The van der Waals surface area contributed by atoms with E-state index < -0.39 is 8.56 Å². The molecule has 7 heteroatoms. The van der Waals surface area contributed by atoms with Gasteiger partial charge in [0.1, 0.15) is 0 Å². The minimum atomic E-state index is -2.75. The molecule has 0 fully saturated rings. The Morgan fingerprint density at radius 1 is 0.385 bits per heavy atom. The summed E-state index contributed by atoms with van der Waals surface area (Å²) >= 11 is 3.11. The molecular formula is C45H90O5SSi. The van der Waals surface area contributed by atoms with Crippen LogP contribution in [0.25, 0.3) is 0 Å². The van der Waals surface area contributed by atoms with Crippen molar-refractivity contribution in [1.29, 1.82) is 0 Å². The number of unbranched alkanes of at least 4 members (excludes halogenated alkanes) is 34. The smallest absolute Gasteiger partial charge is 0.457 e. The van der Waals surface area contributed by atoms with E-state index in [4.69, 9.17) is 13.6 Å². The van der Waals surface area contributed by atoms with Crippen molar-refractivity contribution >= 4 is 38.7 Å². The summed E-state index contributed by atoms with van der Waals surface area (Å²) in [4.78, 5) is 33.4. The maximum Gasteiger partial charge on any atom is 0.457 e. The highest BCUT2D eigenvalue weighted by atomic mass is 32.1. The number of thiol groups is 1. The van der Waals surface area contributed by atoms with E-state index in [1.165, 1.54) is 205 Å². The van der Waals surface area contributed by atoms with Crippen LogP contribution in [0.2, 0.25) is 13.1 Å². The zero-order chi connectivity index (χ0) is 38.6. The van der Waals surface area contributed by atoms with Crippen molar-refractivity contribution in [2.75, 3.05) is 0 Å². The van der Waals surface area contributed by atoms with Crippen LogP contribution in [-0.4, -0.2) is 26.1 Å².